The summed E-state index contributed by atoms with van der Waals surface area (Å²) in [4.78, 5) is 19.9. The summed E-state index contributed by atoms with van der Waals surface area (Å²) in [7, 11) is 8.41. The maximum atomic E-state index is 17.3. The summed E-state index contributed by atoms with van der Waals surface area (Å²) in [6.45, 7) is 4.57. The molecule has 4 aliphatic rings. The molecule has 3 N–H and O–H groups in total. The van der Waals surface area contributed by atoms with Crippen molar-refractivity contribution in [1.82, 2.24) is 24.7 Å². The molecule has 53 heavy (non-hydrogen) atoms. The monoisotopic (exact) mass is 767 g/mol. The summed E-state index contributed by atoms with van der Waals surface area (Å²) in [6.07, 6.45) is 5.47. The molecule has 4 aromatic rings. The third kappa shape index (κ3) is 6.17. The van der Waals surface area contributed by atoms with Gasteiger partial charge >= 0.3 is 6.01 Å². The minimum Gasteiger partial charge on any atom is -0.461 e. The first-order chi connectivity index (χ1) is 25.3. The van der Waals surface area contributed by atoms with Gasteiger partial charge in [0.15, 0.2) is 5.82 Å². The Bertz CT molecular complexity index is 2110. The van der Waals surface area contributed by atoms with Gasteiger partial charge in [0.05, 0.1) is 20.8 Å². The second kappa shape index (κ2) is 13.7. The fourth-order valence-corrected chi connectivity index (χ4v) is 10.9. The zero-order valence-corrected chi connectivity index (χ0v) is 32.1. The molecule has 0 bridgehead atoms. The topological polar surface area (TPSA) is 102 Å². The van der Waals surface area contributed by atoms with E-state index in [1.807, 2.05) is 0 Å². The predicted molar refractivity (Wildman–Crippen MR) is 203 cm³/mol. The number of thiophene rings is 1. The van der Waals surface area contributed by atoms with Crippen molar-refractivity contribution < 1.29 is 22.8 Å². The zero-order valence-electron chi connectivity index (χ0n) is 30.5. The molecule has 4 saturated heterocycles. The highest BCUT2D eigenvalue weighted by Crippen LogP contribution is 2.47. The number of alkyl halides is 1. The molecule has 6 heterocycles. The molecule has 15 heteroatoms. The third-order valence-corrected chi connectivity index (χ3v) is 13.0. The van der Waals surface area contributed by atoms with Crippen molar-refractivity contribution in [3.63, 3.8) is 0 Å². The molecule has 1 spiro atoms. The van der Waals surface area contributed by atoms with Crippen LogP contribution in [0.5, 0.6) is 6.01 Å². The molecule has 4 fully saturated rings. The van der Waals surface area contributed by atoms with Crippen LogP contribution in [0, 0.1) is 34.7 Å². The summed E-state index contributed by atoms with van der Waals surface area (Å²) in [5.74, 6) is -0.759. The summed E-state index contributed by atoms with van der Waals surface area (Å²) >= 11 is 7.93. The van der Waals surface area contributed by atoms with Crippen LogP contribution in [0.3, 0.4) is 0 Å². The molecule has 282 valence electrons. The Morgan fingerprint density at radius 3 is 2.68 bits per heavy atom. The standard InChI is InChI=1S/C38H45ClF3N9OS/c1-47(2)36(48(3)4)50-19-37(20-50)10-5-6-12-49(18-37)34-24-14-26(39)29(23-8-9-27(41)32-28(23)25(16-43)33(44)53-32)30(42)31(24)45-35(46-34)52-21-38-11-7-13-51(38)17-22(40)15-38/h8-9,14,22,47H,5-7,10-13,15,17-21,44H2,1-4H3/t22-,38+/m1/s1. The maximum absolute atomic E-state index is 17.3. The number of nitrogens with one attached hydrogen (secondary N) is 1. The van der Waals surface area contributed by atoms with Gasteiger partial charge in [-0.2, -0.15) is 15.2 Å². The number of anilines is 2. The highest BCUT2D eigenvalue weighted by Gasteiger charge is 2.50. The molecule has 10 nitrogen and oxygen atoms in total. The lowest BCUT2D eigenvalue weighted by Gasteiger charge is -2.62. The van der Waals surface area contributed by atoms with E-state index < -0.39 is 23.3 Å². The van der Waals surface area contributed by atoms with Crippen LogP contribution in [0.25, 0.3) is 32.1 Å². The molecule has 2 aromatic heterocycles. The first-order valence-corrected chi connectivity index (χ1v) is 19.5. The average molecular weight is 768 g/mol. The number of aromatic nitrogens is 2. The summed E-state index contributed by atoms with van der Waals surface area (Å²) < 4.78 is 53.5. The molecule has 0 aliphatic carbocycles. The number of nitrogens with two attached hydrogens (primary N) is 1. The first kappa shape index (κ1) is 36.5. The van der Waals surface area contributed by atoms with Crippen LogP contribution in [0.4, 0.5) is 24.0 Å². The summed E-state index contributed by atoms with van der Waals surface area (Å²) in [6, 6.07) is 6.41. The Morgan fingerprint density at radius 2 is 1.94 bits per heavy atom. The van der Waals surface area contributed by atoms with Crippen LogP contribution in [0.1, 0.15) is 44.1 Å². The molecular formula is C38H45ClF3N9OS. The summed E-state index contributed by atoms with van der Waals surface area (Å²) in [5, 5.41) is 10.8. The van der Waals surface area contributed by atoms with Crippen molar-refractivity contribution in [2.75, 3.05) is 84.7 Å². The van der Waals surface area contributed by atoms with Crippen molar-refractivity contribution in [1.29, 1.82) is 5.26 Å². The van der Waals surface area contributed by atoms with Gasteiger partial charge in [-0.05, 0) is 77.1 Å². The SMILES string of the molecule is CN(C)[C-](N1CC2(CCCCN(c3nc(OC[C@@]45CCCN4C[C@H](F)C5)nc4c(F)c(-c5ccc(F)c6sc(N)c(C#N)c56)c(Cl)cc34)C2)C1)[NH+](C)C. The van der Waals surface area contributed by atoms with E-state index >= 15 is 8.78 Å². The third-order valence-electron chi connectivity index (χ3n) is 11.7. The fraction of sp³-hybridized carbons (Fsp3) is 0.526. The average Bonchev–Trinajstić information content (AvgIpc) is 3.67. The highest BCUT2D eigenvalue weighted by molar-refractivity contribution is 7.23. The molecule has 0 saturated carbocycles. The second-order valence-electron chi connectivity index (χ2n) is 15.8. The van der Waals surface area contributed by atoms with Gasteiger partial charge in [-0.15, -0.1) is 11.3 Å². The van der Waals surface area contributed by atoms with E-state index in [-0.39, 0.29) is 60.3 Å². The predicted octanol–water partition coefficient (Wildman–Crippen LogP) is 5.30. The second-order valence-corrected chi connectivity index (χ2v) is 17.3. The Kier molecular flexibility index (Phi) is 9.43. The fourth-order valence-electron chi connectivity index (χ4n) is 9.63. The van der Waals surface area contributed by atoms with Crippen molar-refractivity contribution in [3.05, 3.63) is 46.7 Å². The normalized spacial score (nSPS) is 23.4. The number of rotatable bonds is 8. The van der Waals surface area contributed by atoms with Crippen LogP contribution in [-0.2, 0) is 0 Å². The van der Waals surface area contributed by atoms with Crippen LogP contribution in [0.2, 0.25) is 5.02 Å². The lowest BCUT2D eigenvalue weighted by molar-refractivity contribution is -0.869. The number of hydrogen-bond acceptors (Lipinski definition) is 10. The molecule has 4 aliphatic heterocycles. The van der Waals surface area contributed by atoms with E-state index in [9.17, 15) is 9.65 Å². The number of hydrogen-bond donors (Lipinski definition) is 2. The minimum atomic E-state index is -0.930. The number of nitriles is 1. The van der Waals surface area contributed by atoms with E-state index in [1.54, 1.807) is 6.07 Å². The van der Waals surface area contributed by atoms with Gasteiger partial charge in [0.1, 0.15) is 41.0 Å². The number of nitrogens with zero attached hydrogens (tertiary/aromatic N) is 7. The molecule has 8 rings (SSSR count). The van der Waals surface area contributed by atoms with Crippen molar-refractivity contribution in [2.24, 2.45) is 5.41 Å². The molecule has 0 amide bonds. The Balaban J connectivity index is 1.24. The lowest BCUT2D eigenvalue weighted by atomic mass is 9.75. The van der Waals surface area contributed by atoms with E-state index in [4.69, 9.17) is 27.1 Å². The number of quaternary nitrogens is 1. The quantitative estimate of drug-likeness (QED) is 0.232. The Hall–Kier alpha value is -3.45. The van der Waals surface area contributed by atoms with Gasteiger partial charge in [-0.1, -0.05) is 24.1 Å². The van der Waals surface area contributed by atoms with Gasteiger partial charge in [-0.3, -0.25) is 4.90 Å². The molecule has 0 unspecified atom stereocenters. The van der Waals surface area contributed by atoms with Crippen LogP contribution < -0.4 is 20.3 Å². The highest BCUT2D eigenvalue weighted by atomic mass is 35.5. The van der Waals surface area contributed by atoms with E-state index in [0.717, 1.165) is 63.1 Å². The molecule has 0 radical (unpaired) electrons. The summed E-state index contributed by atoms with van der Waals surface area (Å²) in [5.41, 5.74) is 5.99. The largest absolute Gasteiger partial charge is 0.461 e. The number of nitrogen functional groups attached to an aromatic ring is 1. The van der Waals surface area contributed by atoms with Crippen molar-refractivity contribution in [2.45, 2.75) is 50.2 Å². The zero-order chi connectivity index (χ0) is 37.4. The molecule has 2 atom stereocenters. The van der Waals surface area contributed by atoms with Crippen molar-refractivity contribution in [3.8, 4) is 23.2 Å². The van der Waals surface area contributed by atoms with Crippen LogP contribution in [0.15, 0.2) is 18.2 Å². The van der Waals surface area contributed by atoms with Crippen LogP contribution in [-0.4, -0.2) is 110 Å². The minimum absolute atomic E-state index is 0.00335. The number of fused-ring (bicyclic) bond motifs is 3. The van der Waals surface area contributed by atoms with Crippen molar-refractivity contribution >= 4 is 54.7 Å². The van der Waals surface area contributed by atoms with Gasteiger partial charge in [0, 0.05) is 68.2 Å². The van der Waals surface area contributed by atoms with Gasteiger partial charge in [0.25, 0.3) is 0 Å². The van der Waals surface area contributed by atoms with Gasteiger partial charge in [-0.25, -0.2) is 13.2 Å². The number of ether oxygens (including phenoxy) is 1. The van der Waals surface area contributed by atoms with Gasteiger partial charge in [0.2, 0.25) is 0 Å². The van der Waals surface area contributed by atoms with E-state index in [0.29, 0.717) is 37.3 Å². The molecule has 2 aromatic carbocycles. The Labute approximate surface area is 316 Å². The Morgan fingerprint density at radius 1 is 1.15 bits per heavy atom. The van der Waals surface area contributed by atoms with E-state index in [2.05, 4.69) is 58.8 Å². The number of likely N-dealkylation sites (tertiary alicyclic amines) is 1. The number of halogens is 4. The smallest absolute Gasteiger partial charge is 0.319 e. The molecular weight excluding hydrogens is 723 g/mol. The van der Waals surface area contributed by atoms with Gasteiger partial charge < -0.3 is 30.1 Å². The maximum Gasteiger partial charge on any atom is 0.319 e. The number of benzene rings is 2. The van der Waals surface area contributed by atoms with E-state index in [1.165, 1.54) is 23.3 Å². The first-order valence-electron chi connectivity index (χ1n) is 18.3. The lowest BCUT2D eigenvalue weighted by Crippen LogP contribution is -3.10. The van der Waals surface area contributed by atoms with Crippen LogP contribution >= 0.6 is 22.9 Å².